The van der Waals surface area contributed by atoms with Gasteiger partial charge in [0.2, 0.25) is 5.91 Å². The minimum Gasteiger partial charge on any atom is -0.494 e. The number of rotatable bonds is 8. The topological polar surface area (TPSA) is 63.1 Å². The average Bonchev–Trinajstić information content (AvgIpc) is 3.05. The van der Waals surface area contributed by atoms with Crippen LogP contribution in [0.3, 0.4) is 0 Å². The van der Waals surface area contributed by atoms with E-state index in [1.54, 1.807) is 24.4 Å². The van der Waals surface area contributed by atoms with E-state index in [0.29, 0.717) is 21.6 Å². The molecule has 3 rings (SSSR count). The lowest BCUT2D eigenvalue weighted by atomic mass is 10.1. The quantitative estimate of drug-likeness (QED) is 0.336. The zero-order chi connectivity index (χ0) is 20.6. The molecule has 8 heteroatoms. The third kappa shape index (κ3) is 6.23. The van der Waals surface area contributed by atoms with Crippen LogP contribution in [0.2, 0.25) is 10.0 Å². The molecule has 0 bridgehead atoms. The number of amidine groups is 1. The molecule has 152 valence electrons. The maximum Gasteiger partial charge on any atom is 0.239 e. The second-order valence-electron chi connectivity index (χ2n) is 6.42. The Morgan fingerprint density at radius 3 is 2.59 bits per heavy atom. The van der Waals surface area contributed by atoms with E-state index in [9.17, 15) is 4.79 Å². The van der Waals surface area contributed by atoms with Crippen molar-refractivity contribution in [3.05, 3.63) is 63.6 Å². The highest BCUT2D eigenvalue weighted by Crippen LogP contribution is 2.30. The smallest absolute Gasteiger partial charge is 0.239 e. The highest BCUT2D eigenvalue weighted by Gasteiger charge is 2.31. The van der Waals surface area contributed by atoms with Crippen molar-refractivity contribution < 1.29 is 9.53 Å². The number of ether oxygens (including phenoxy) is 1. The fourth-order valence-corrected chi connectivity index (χ4v) is 4.12. The van der Waals surface area contributed by atoms with Crippen molar-refractivity contribution in [1.29, 1.82) is 0 Å². The van der Waals surface area contributed by atoms with Gasteiger partial charge >= 0.3 is 0 Å². The van der Waals surface area contributed by atoms with Gasteiger partial charge in [-0.2, -0.15) is 5.10 Å². The number of halogens is 2. The Kier molecular flexibility index (Phi) is 7.98. The van der Waals surface area contributed by atoms with Gasteiger partial charge in [0.25, 0.3) is 0 Å². The van der Waals surface area contributed by atoms with Crippen LogP contribution in [0.4, 0.5) is 0 Å². The van der Waals surface area contributed by atoms with Gasteiger partial charge in [-0.25, -0.2) is 0 Å². The molecule has 0 spiro atoms. The molecular formula is C21H21Cl2N3O2S. The maximum atomic E-state index is 12.2. The molecule has 0 aromatic heterocycles. The Morgan fingerprint density at radius 2 is 1.90 bits per heavy atom. The van der Waals surface area contributed by atoms with E-state index in [1.165, 1.54) is 11.8 Å². The molecule has 1 N–H and O–H groups in total. The third-order valence-corrected chi connectivity index (χ3v) is 6.01. The van der Waals surface area contributed by atoms with Crippen LogP contribution >= 0.6 is 35.0 Å². The van der Waals surface area contributed by atoms with Crippen molar-refractivity contribution in [3.63, 3.8) is 0 Å². The molecule has 1 aliphatic heterocycles. The lowest BCUT2D eigenvalue weighted by Crippen LogP contribution is -2.26. The molecular weight excluding hydrogens is 429 g/mol. The average molecular weight is 450 g/mol. The van der Waals surface area contributed by atoms with Crippen LogP contribution in [0.25, 0.3) is 0 Å². The summed E-state index contributed by atoms with van der Waals surface area (Å²) in [5.74, 6) is 0.704. The molecule has 0 unspecified atom stereocenters. The summed E-state index contributed by atoms with van der Waals surface area (Å²) in [6, 6.07) is 12.9. The van der Waals surface area contributed by atoms with Crippen LogP contribution in [0.1, 0.15) is 30.9 Å². The maximum absolute atomic E-state index is 12.2. The van der Waals surface area contributed by atoms with Crippen LogP contribution in [0, 0.1) is 0 Å². The molecule has 2 aromatic rings. The summed E-state index contributed by atoms with van der Waals surface area (Å²) in [5.41, 5.74) is 1.65. The lowest BCUT2D eigenvalue weighted by molar-refractivity contribution is -0.118. The fraction of sp³-hybridized carbons (Fsp3) is 0.286. The Labute approximate surface area is 184 Å². The first-order chi connectivity index (χ1) is 14.1. The van der Waals surface area contributed by atoms with E-state index >= 15 is 0 Å². The standard InChI is InChI=1S/C21H21Cl2N3O2S/c1-2-3-11-28-15-9-7-14(8-10-15)13-24-26-21-25-20(27)19(29-21)12-16-17(22)5-4-6-18(16)23/h4-10,13,19H,2-3,11-12H2,1H3,(H,25,26,27)/b24-13-/t19-/m1/s1. The number of nitrogens with one attached hydrogen (secondary N) is 1. The minimum absolute atomic E-state index is 0.131. The monoisotopic (exact) mass is 449 g/mol. The number of hydrogen-bond acceptors (Lipinski definition) is 5. The van der Waals surface area contributed by atoms with Gasteiger partial charge in [-0.05, 0) is 60.4 Å². The molecule has 1 aliphatic rings. The predicted molar refractivity (Wildman–Crippen MR) is 122 cm³/mol. The zero-order valence-electron chi connectivity index (χ0n) is 15.9. The Bertz CT molecular complexity index is 896. The van der Waals surface area contributed by atoms with E-state index in [1.807, 2.05) is 24.3 Å². The fourth-order valence-electron chi connectivity index (χ4n) is 2.63. The summed E-state index contributed by atoms with van der Waals surface area (Å²) in [5, 5.41) is 12.1. The van der Waals surface area contributed by atoms with Crippen LogP contribution in [0.15, 0.2) is 52.7 Å². The number of amides is 1. The summed E-state index contributed by atoms with van der Waals surface area (Å²) >= 11 is 13.7. The molecule has 0 saturated carbocycles. The Balaban J connectivity index is 1.57. The SMILES string of the molecule is CCCCOc1ccc(/C=N\N=C2/NC(=O)[C@@H](Cc3c(Cl)cccc3Cl)S2)cc1. The van der Waals surface area contributed by atoms with Crippen molar-refractivity contribution >= 4 is 52.3 Å². The minimum atomic E-state index is -0.346. The second-order valence-corrected chi connectivity index (χ2v) is 8.43. The molecule has 1 saturated heterocycles. The van der Waals surface area contributed by atoms with Crippen molar-refractivity contribution in [2.75, 3.05) is 6.61 Å². The van der Waals surface area contributed by atoms with Gasteiger partial charge in [-0.1, -0.05) is 54.4 Å². The van der Waals surface area contributed by atoms with E-state index in [-0.39, 0.29) is 11.2 Å². The summed E-state index contributed by atoms with van der Waals surface area (Å²) in [7, 11) is 0. The largest absolute Gasteiger partial charge is 0.494 e. The molecule has 5 nitrogen and oxygen atoms in total. The number of benzene rings is 2. The normalized spacial score (nSPS) is 17.8. The first-order valence-corrected chi connectivity index (χ1v) is 10.9. The number of thioether (sulfide) groups is 1. The van der Waals surface area contributed by atoms with Crippen LogP contribution < -0.4 is 10.1 Å². The highest BCUT2D eigenvalue weighted by molar-refractivity contribution is 8.15. The van der Waals surface area contributed by atoms with Crippen LogP contribution in [0.5, 0.6) is 5.75 Å². The molecule has 1 fully saturated rings. The van der Waals surface area contributed by atoms with Gasteiger partial charge in [0.05, 0.1) is 18.1 Å². The summed E-state index contributed by atoms with van der Waals surface area (Å²) < 4.78 is 5.63. The Morgan fingerprint density at radius 1 is 1.17 bits per heavy atom. The molecule has 1 heterocycles. The summed E-state index contributed by atoms with van der Waals surface area (Å²) in [4.78, 5) is 12.2. The molecule has 0 aliphatic carbocycles. The van der Waals surface area contributed by atoms with E-state index in [4.69, 9.17) is 27.9 Å². The van der Waals surface area contributed by atoms with E-state index < -0.39 is 0 Å². The second kappa shape index (κ2) is 10.7. The molecule has 0 radical (unpaired) electrons. The van der Waals surface area contributed by atoms with Crippen molar-refractivity contribution in [1.82, 2.24) is 5.32 Å². The van der Waals surface area contributed by atoms with E-state index in [0.717, 1.165) is 36.3 Å². The number of carbonyl (C=O) groups excluding carboxylic acids is 1. The van der Waals surface area contributed by atoms with Gasteiger partial charge in [0.1, 0.15) is 5.75 Å². The first-order valence-electron chi connectivity index (χ1n) is 9.31. The first kappa shape index (κ1) is 21.7. The van der Waals surface area contributed by atoms with Gasteiger partial charge in [0, 0.05) is 10.0 Å². The molecule has 2 aromatic carbocycles. The number of nitrogens with zero attached hydrogens (tertiary/aromatic N) is 2. The van der Waals surface area contributed by atoms with Crippen LogP contribution in [-0.2, 0) is 11.2 Å². The number of hydrogen-bond donors (Lipinski definition) is 1. The predicted octanol–water partition coefficient (Wildman–Crippen LogP) is 5.34. The van der Waals surface area contributed by atoms with Gasteiger partial charge in [-0.15, -0.1) is 5.10 Å². The molecule has 1 amide bonds. The van der Waals surface area contributed by atoms with Crippen molar-refractivity contribution in [3.8, 4) is 5.75 Å². The summed E-state index contributed by atoms with van der Waals surface area (Å²) in [6.45, 7) is 2.85. The Hall–Kier alpha value is -2.02. The van der Waals surface area contributed by atoms with Crippen molar-refractivity contribution in [2.45, 2.75) is 31.4 Å². The van der Waals surface area contributed by atoms with Gasteiger partial charge < -0.3 is 10.1 Å². The van der Waals surface area contributed by atoms with Gasteiger partial charge in [0.15, 0.2) is 5.17 Å². The van der Waals surface area contributed by atoms with E-state index in [2.05, 4.69) is 22.4 Å². The molecule has 1 atom stereocenters. The molecule has 29 heavy (non-hydrogen) atoms. The highest BCUT2D eigenvalue weighted by atomic mass is 35.5. The zero-order valence-corrected chi connectivity index (χ0v) is 18.2. The van der Waals surface area contributed by atoms with Crippen LogP contribution in [-0.4, -0.2) is 29.1 Å². The van der Waals surface area contributed by atoms with Gasteiger partial charge in [-0.3, -0.25) is 4.79 Å². The summed E-state index contributed by atoms with van der Waals surface area (Å²) in [6.07, 6.45) is 4.20. The van der Waals surface area contributed by atoms with Crippen molar-refractivity contribution in [2.24, 2.45) is 10.2 Å². The lowest BCUT2D eigenvalue weighted by Gasteiger charge is -2.09. The number of carbonyl (C=O) groups is 1. The third-order valence-electron chi connectivity index (χ3n) is 4.23. The number of unbranched alkanes of at least 4 members (excludes halogenated alkanes) is 1.